The van der Waals surface area contributed by atoms with Crippen LogP contribution in [-0.2, 0) is 6.54 Å². The average molecular weight is 385 g/mol. The maximum atomic E-state index is 9.73. The molecule has 2 aromatic rings. The second-order valence-corrected chi connectivity index (χ2v) is 6.17. The molecule has 0 spiro atoms. The van der Waals surface area contributed by atoms with Gasteiger partial charge in [-0.25, -0.2) is 0 Å². The van der Waals surface area contributed by atoms with Crippen LogP contribution in [0.15, 0.2) is 51.4 Å². The first-order chi connectivity index (χ1) is 9.08. The lowest BCUT2D eigenvalue weighted by molar-refractivity contribution is 0.460. The van der Waals surface area contributed by atoms with E-state index >= 15 is 0 Å². The van der Waals surface area contributed by atoms with E-state index in [-0.39, 0.29) is 6.04 Å². The van der Waals surface area contributed by atoms with E-state index in [0.29, 0.717) is 12.3 Å². The highest BCUT2D eigenvalue weighted by Crippen LogP contribution is 2.27. The number of halogens is 2. The molecule has 2 aromatic carbocycles. The highest BCUT2D eigenvalue weighted by Gasteiger charge is 2.10. The monoisotopic (exact) mass is 383 g/mol. The first-order valence-corrected chi connectivity index (χ1v) is 7.61. The summed E-state index contributed by atoms with van der Waals surface area (Å²) in [4.78, 5) is 0. The number of hydrogen-bond acceptors (Lipinski definition) is 2. The lowest BCUT2D eigenvalue weighted by Gasteiger charge is -2.16. The third-order valence-electron chi connectivity index (χ3n) is 3.02. The molecule has 2 nitrogen and oxygen atoms in total. The highest BCUT2D eigenvalue weighted by molar-refractivity contribution is 9.11. The van der Waals surface area contributed by atoms with Crippen LogP contribution >= 0.6 is 31.9 Å². The Morgan fingerprint density at radius 3 is 2.58 bits per heavy atom. The summed E-state index contributed by atoms with van der Waals surface area (Å²) in [5.74, 6) is 0.331. The molecule has 0 saturated carbocycles. The fraction of sp³-hybridized carbons (Fsp3) is 0.200. The quantitative estimate of drug-likeness (QED) is 0.795. The number of rotatable bonds is 4. The highest BCUT2D eigenvalue weighted by atomic mass is 79.9. The van der Waals surface area contributed by atoms with Gasteiger partial charge < -0.3 is 10.4 Å². The van der Waals surface area contributed by atoms with Gasteiger partial charge in [-0.15, -0.1) is 0 Å². The summed E-state index contributed by atoms with van der Waals surface area (Å²) in [5, 5.41) is 13.1. The lowest BCUT2D eigenvalue weighted by Crippen LogP contribution is -2.18. The van der Waals surface area contributed by atoms with Gasteiger partial charge in [0.15, 0.2) is 0 Å². The minimum absolute atomic E-state index is 0.196. The van der Waals surface area contributed by atoms with Gasteiger partial charge in [0.2, 0.25) is 0 Å². The molecule has 0 aliphatic rings. The third-order valence-corrected chi connectivity index (χ3v) is 4.20. The maximum Gasteiger partial charge on any atom is 0.120 e. The summed E-state index contributed by atoms with van der Waals surface area (Å²) in [6, 6.07) is 13.7. The standard InChI is InChI=1S/C15H15Br2NO/c1-10(13-7-6-12(16)8-14(13)17)18-9-11-4-2-3-5-15(11)19/h2-8,10,18-19H,9H2,1H3. The summed E-state index contributed by atoms with van der Waals surface area (Å²) in [7, 11) is 0. The number of phenolic OH excluding ortho intramolecular Hbond substituents is 1. The van der Waals surface area contributed by atoms with Crippen molar-refractivity contribution >= 4 is 31.9 Å². The Bertz CT molecular complexity index is 572. The SMILES string of the molecule is CC(NCc1ccccc1O)c1ccc(Br)cc1Br. The fourth-order valence-electron chi connectivity index (χ4n) is 1.89. The third kappa shape index (κ3) is 3.81. The topological polar surface area (TPSA) is 32.3 Å². The maximum absolute atomic E-state index is 9.73. The average Bonchev–Trinajstić information content (AvgIpc) is 2.37. The predicted molar refractivity (Wildman–Crippen MR) is 85.2 cm³/mol. The van der Waals surface area contributed by atoms with E-state index in [0.717, 1.165) is 14.5 Å². The number of benzene rings is 2. The van der Waals surface area contributed by atoms with E-state index in [9.17, 15) is 5.11 Å². The molecule has 0 aliphatic heterocycles. The van der Waals surface area contributed by atoms with Gasteiger partial charge >= 0.3 is 0 Å². The fourth-order valence-corrected chi connectivity index (χ4v) is 3.28. The van der Waals surface area contributed by atoms with Crippen LogP contribution in [0.3, 0.4) is 0 Å². The van der Waals surface area contributed by atoms with E-state index in [1.807, 2.05) is 30.3 Å². The molecule has 4 heteroatoms. The number of nitrogens with one attached hydrogen (secondary N) is 1. The summed E-state index contributed by atoms with van der Waals surface area (Å²) >= 11 is 7.02. The minimum Gasteiger partial charge on any atom is -0.508 e. The van der Waals surface area contributed by atoms with Gasteiger partial charge in [-0.05, 0) is 30.7 Å². The molecule has 1 unspecified atom stereocenters. The summed E-state index contributed by atoms with van der Waals surface area (Å²) in [5.41, 5.74) is 2.10. The van der Waals surface area contributed by atoms with Crippen molar-refractivity contribution in [3.63, 3.8) is 0 Å². The van der Waals surface area contributed by atoms with E-state index in [1.54, 1.807) is 6.07 Å². The van der Waals surface area contributed by atoms with Gasteiger partial charge in [0.05, 0.1) is 0 Å². The van der Waals surface area contributed by atoms with Gasteiger partial charge in [0, 0.05) is 27.1 Å². The van der Waals surface area contributed by atoms with Gasteiger partial charge in [-0.3, -0.25) is 0 Å². The van der Waals surface area contributed by atoms with Crippen LogP contribution in [0, 0.1) is 0 Å². The van der Waals surface area contributed by atoms with Gasteiger partial charge in [-0.1, -0.05) is 56.1 Å². The largest absolute Gasteiger partial charge is 0.508 e. The number of hydrogen-bond donors (Lipinski definition) is 2. The molecule has 0 saturated heterocycles. The molecule has 1 atom stereocenters. The Hall–Kier alpha value is -0.840. The second kappa shape index (κ2) is 6.55. The zero-order valence-electron chi connectivity index (χ0n) is 10.5. The predicted octanol–water partition coefficient (Wildman–Crippen LogP) is 4.77. The van der Waals surface area contributed by atoms with Crippen LogP contribution in [0.4, 0.5) is 0 Å². The molecule has 2 N–H and O–H groups in total. The normalized spacial score (nSPS) is 12.4. The molecule has 0 amide bonds. The van der Waals surface area contributed by atoms with Crippen LogP contribution in [-0.4, -0.2) is 5.11 Å². The zero-order chi connectivity index (χ0) is 13.8. The van der Waals surface area contributed by atoms with Crippen molar-refractivity contribution in [2.45, 2.75) is 19.5 Å². The van der Waals surface area contributed by atoms with Crippen molar-refractivity contribution < 1.29 is 5.11 Å². The first kappa shape index (κ1) is 14.6. The molecule has 2 rings (SSSR count). The molecule has 100 valence electrons. The minimum atomic E-state index is 0.196. The van der Waals surface area contributed by atoms with E-state index in [2.05, 4.69) is 50.2 Å². The number of para-hydroxylation sites is 1. The van der Waals surface area contributed by atoms with E-state index in [4.69, 9.17) is 0 Å². The summed E-state index contributed by atoms with van der Waals surface area (Å²) in [6.45, 7) is 2.74. The van der Waals surface area contributed by atoms with Gasteiger partial charge in [-0.2, -0.15) is 0 Å². The Kier molecular flexibility index (Phi) is 5.02. The Morgan fingerprint density at radius 1 is 1.16 bits per heavy atom. The first-order valence-electron chi connectivity index (χ1n) is 6.03. The molecular weight excluding hydrogens is 370 g/mol. The van der Waals surface area contributed by atoms with Crippen molar-refractivity contribution in [1.82, 2.24) is 5.32 Å². The van der Waals surface area contributed by atoms with Crippen molar-refractivity contribution in [1.29, 1.82) is 0 Å². The van der Waals surface area contributed by atoms with Crippen molar-refractivity contribution in [2.75, 3.05) is 0 Å². The molecule has 0 aromatic heterocycles. The Labute approximate surface area is 130 Å². The second-order valence-electron chi connectivity index (χ2n) is 4.40. The van der Waals surface area contributed by atoms with Crippen LogP contribution in [0.25, 0.3) is 0 Å². The molecule has 0 aliphatic carbocycles. The zero-order valence-corrected chi connectivity index (χ0v) is 13.7. The Balaban J connectivity index is 2.05. The lowest BCUT2D eigenvalue weighted by atomic mass is 10.1. The van der Waals surface area contributed by atoms with Crippen LogP contribution in [0.1, 0.15) is 24.1 Å². The molecule has 0 fully saturated rings. The molecule has 19 heavy (non-hydrogen) atoms. The number of phenols is 1. The smallest absolute Gasteiger partial charge is 0.120 e. The summed E-state index contributed by atoms with van der Waals surface area (Å²) in [6.07, 6.45) is 0. The van der Waals surface area contributed by atoms with Crippen molar-refractivity contribution in [3.8, 4) is 5.75 Å². The molecule has 0 radical (unpaired) electrons. The van der Waals surface area contributed by atoms with Crippen LogP contribution < -0.4 is 5.32 Å². The van der Waals surface area contributed by atoms with Crippen LogP contribution in [0.5, 0.6) is 5.75 Å². The van der Waals surface area contributed by atoms with Crippen LogP contribution in [0.2, 0.25) is 0 Å². The van der Waals surface area contributed by atoms with E-state index in [1.165, 1.54) is 5.56 Å². The van der Waals surface area contributed by atoms with Gasteiger partial charge in [0.25, 0.3) is 0 Å². The number of aromatic hydroxyl groups is 1. The molecule has 0 heterocycles. The molecule has 0 bridgehead atoms. The van der Waals surface area contributed by atoms with Crippen molar-refractivity contribution in [2.24, 2.45) is 0 Å². The van der Waals surface area contributed by atoms with Crippen molar-refractivity contribution in [3.05, 3.63) is 62.5 Å². The summed E-state index contributed by atoms with van der Waals surface area (Å²) < 4.78 is 2.12. The van der Waals surface area contributed by atoms with E-state index < -0.39 is 0 Å². The van der Waals surface area contributed by atoms with Gasteiger partial charge in [0.1, 0.15) is 5.75 Å². The molecular formula is C15H15Br2NO. The Morgan fingerprint density at radius 2 is 1.89 bits per heavy atom.